The first kappa shape index (κ1) is 28.3. The number of rotatable bonds is 6. The molecule has 0 saturated heterocycles. The van der Waals surface area contributed by atoms with Crippen molar-refractivity contribution in [2.45, 2.75) is 71.5 Å². The van der Waals surface area contributed by atoms with E-state index in [1.807, 2.05) is 20.8 Å². The van der Waals surface area contributed by atoms with Crippen molar-refractivity contribution in [2.75, 3.05) is 0 Å². The van der Waals surface area contributed by atoms with Crippen molar-refractivity contribution in [1.82, 2.24) is 14.3 Å². The van der Waals surface area contributed by atoms with Crippen LogP contribution in [-0.4, -0.2) is 25.3 Å². The molecule has 0 amide bonds. The zero-order chi connectivity index (χ0) is 27.2. The summed E-state index contributed by atoms with van der Waals surface area (Å²) in [6.45, 7) is 10.9. The maximum atomic E-state index is 15.3. The second kappa shape index (κ2) is 9.90. The van der Waals surface area contributed by atoms with Crippen LogP contribution in [0.5, 0.6) is 0 Å². The van der Waals surface area contributed by atoms with E-state index in [-0.39, 0.29) is 27.4 Å². The number of benzene rings is 1. The fraction of sp³-hybridized carbons (Fsp3) is 0.480. The van der Waals surface area contributed by atoms with Gasteiger partial charge in [-0.2, -0.15) is 13.2 Å². The van der Waals surface area contributed by atoms with Gasteiger partial charge in [0.15, 0.2) is 5.69 Å². The first-order chi connectivity index (χ1) is 16.4. The van der Waals surface area contributed by atoms with Crippen LogP contribution in [0.25, 0.3) is 22.0 Å². The van der Waals surface area contributed by atoms with Crippen molar-refractivity contribution in [3.8, 4) is 11.1 Å². The Morgan fingerprint density at radius 3 is 2.22 bits per heavy atom. The smallest absolute Gasteiger partial charge is 0.433 e. The van der Waals surface area contributed by atoms with Crippen molar-refractivity contribution in [3.63, 3.8) is 0 Å². The Balaban J connectivity index is 2.28. The molecular formula is C25H29F6N3OS. The minimum Gasteiger partial charge on any atom is -0.598 e. The Kier molecular flexibility index (Phi) is 7.80. The number of alkyl halides is 5. The zero-order valence-corrected chi connectivity index (χ0v) is 21.6. The fourth-order valence-electron chi connectivity index (χ4n) is 3.83. The molecule has 2 atom stereocenters. The third kappa shape index (κ3) is 6.18. The average Bonchev–Trinajstić information content (AvgIpc) is 3.04. The van der Waals surface area contributed by atoms with Crippen LogP contribution in [0.4, 0.5) is 26.3 Å². The highest BCUT2D eigenvalue weighted by Crippen LogP contribution is 2.40. The summed E-state index contributed by atoms with van der Waals surface area (Å²) in [4.78, 5) is 3.40. The predicted molar refractivity (Wildman–Crippen MR) is 129 cm³/mol. The lowest BCUT2D eigenvalue weighted by Crippen LogP contribution is -2.43. The van der Waals surface area contributed by atoms with Gasteiger partial charge < -0.3 is 9.12 Å². The highest BCUT2D eigenvalue weighted by molar-refractivity contribution is 7.90. The summed E-state index contributed by atoms with van der Waals surface area (Å²) in [5.41, 5.74) is -2.10. The molecule has 1 unspecified atom stereocenters. The van der Waals surface area contributed by atoms with E-state index in [0.29, 0.717) is 6.54 Å². The van der Waals surface area contributed by atoms with Crippen molar-refractivity contribution in [1.29, 1.82) is 0 Å². The molecule has 0 aliphatic rings. The van der Waals surface area contributed by atoms with Crippen LogP contribution >= 0.6 is 0 Å². The number of halogens is 6. The molecule has 0 fully saturated rings. The van der Waals surface area contributed by atoms with Gasteiger partial charge >= 0.3 is 6.18 Å². The van der Waals surface area contributed by atoms with E-state index in [4.69, 9.17) is 0 Å². The van der Waals surface area contributed by atoms with Gasteiger partial charge in [0.05, 0.1) is 0 Å². The summed E-state index contributed by atoms with van der Waals surface area (Å²) in [7, 11) is 0. The molecule has 0 radical (unpaired) electrons. The summed E-state index contributed by atoms with van der Waals surface area (Å²) in [5.74, 6) is -1.01. The molecule has 4 nitrogen and oxygen atoms in total. The van der Waals surface area contributed by atoms with Crippen molar-refractivity contribution < 1.29 is 30.9 Å². The average molecular weight is 534 g/mol. The van der Waals surface area contributed by atoms with Crippen molar-refractivity contribution >= 4 is 22.3 Å². The van der Waals surface area contributed by atoms with Gasteiger partial charge in [-0.3, -0.25) is 4.98 Å². The summed E-state index contributed by atoms with van der Waals surface area (Å²) in [6, 6.07) is 2.89. The minimum absolute atomic E-state index is 0.00883. The zero-order valence-electron chi connectivity index (χ0n) is 20.8. The van der Waals surface area contributed by atoms with Gasteiger partial charge in [0.2, 0.25) is 0 Å². The number of nitrogens with zero attached hydrogens (tertiary/aromatic N) is 2. The highest BCUT2D eigenvalue weighted by atomic mass is 32.2. The van der Waals surface area contributed by atoms with Crippen molar-refractivity contribution in [2.24, 2.45) is 5.41 Å². The molecule has 3 rings (SSSR count). The molecule has 1 N–H and O–H groups in total. The van der Waals surface area contributed by atoms with E-state index >= 15 is 4.39 Å². The predicted octanol–water partition coefficient (Wildman–Crippen LogP) is 7.27. The Bertz CT molecular complexity index is 1230. The molecule has 1 aromatic carbocycles. The Morgan fingerprint density at radius 2 is 1.69 bits per heavy atom. The number of hydrogen-bond donors (Lipinski definition) is 1. The number of fused-ring (bicyclic) bond motifs is 1. The standard InChI is InChI=1S/C25H29F6N3OS/c1-23(2,3)13-34-12-17(20(22(27)28)33-36(35)24(4,5)6)16-10-18(26)15(11-19(16)34)14-8-7-9-32-21(14)25(29,30)31/h7-12,20,22,33H,13H2,1-6H3/t20-,36?/m0/s1. The normalized spacial score (nSPS) is 15.1. The van der Waals surface area contributed by atoms with Gasteiger partial charge in [-0.15, -0.1) is 4.72 Å². The molecular weight excluding hydrogens is 504 g/mol. The molecule has 198 valence electrons. The summed E-state index contributed by atoms with van der Waals surface area (Å²) < 4.78 is 100. The second-order valence-electron chi connectivity index (χ2n) is 10.8. The van der Waals surface area contributed by atoms with Crippen LogP contribution in [-0.2, 0) is 24.1 Å². The molecule has 0 aliphatic carbocycles. The van der Waals surface area contributed by atoms with E-state index in [1.54, 1.807) is 25.3 Å². The minimum atomic E-state index is -4.82. The number of pyridine rings is 1. The lowest BCUT2D eigenvalue weighted by atomic mass is 9.96. The third-order valence-electron chi connectivity index (χ3n) is 5.39. The quantitative estimate of drug-likeness (QED) is 0.268. The summed E-state index contributed by atoms with van der Waals surface area (Å²) in [5, 5.41) is 0.0988. The van der Waals surface area contributed by atoms with E-state index in [1.165, 1.54) is 18.3 Å². The van der Waals surface area contributed by atoms with Gasteiger partial charge in [-0.25, -0.2) is 13.2 Å². The topological polar surface area (TPSA) is 52.9 Å². The van der Waals surface area contributed by atoms with Crippen LogP contribution in [0.15, 0.2) is 36.7 Å². The van der Waals surface area contributed by atoms with Crippen LogP contribution in [0, 0.1) is 11.2 Å². The monoisotopic (exact) mass is 533 g/mol. The van der Waals surface area contributed by atoms with E-state index in [0.717, 1.165) is 18.3 Å². The molecule has 0 spiro atoms. The number of nitrogens with one attached hydrogen (secondary N) is 1. The molecule has 0 aliphatic heterocycles. The van der Waals surface area contributed by atoms with Crippen LogP contribution < -0.4 is 4.72 Å². The second-order valence-corrected chi connectivity index (χ2v) is 12.8. The van der Waals surface area contributed by atoms with Gasteiger partial charge in [0.25, 0.3) is 6.43 Å². The van der Waals surface area contributed by atoms with Gasteiger partial charge in [0.1, 0.15) is 16.6 Å². The largest absolute Gasteiger partial charge is 0.598 e. The molecule has 3 aromatic rings. The Labute approximate surface area is 209 Å². The van der Waals surface area contributed by atoms with Crippen molar-refractivity contribution in [3.05, 3.63) is 53.7 Å². The van der Waals surface area contributed by atoms with E-state index in [9.17, 15) is 26.5 Å². The van der Waals surface area contributed by atoms with E-state index in [2.05, 4.69) is 9.71 Å². The number of aromatic nitrogens is 2. The van der Waals surface area contributed by atoms with Gasteiger partial charge in [-0.1, -0.05) is 26.8 Å². The third-order valence-corrected chi connectivity index (χ3v) is 6.97. The molecule has 2 aromatic heterocycles. The van der Waals surface area contributed by atoms with Crippen LogP contribution in [0.2, 0.25) is 0 Å². The Hall–Kier alpha value is -2.24. The number of hydrogen-bond acceptors (Lipinski definition) is 3. The van der Waals surface area contributed by atoms with E-state index < -0.39 is 51.8 Å². The van der Waals surface area contributed by atoms with Crippen LogP contribution in [0.1, 0.15) is 58.8 Å². The molecule has 11 heteroatoms. The summed E-state index contributed by atoms with van der Waals surface area (Å²) in [6.07, 6.45) is -5.41. The lowest BCUT2D eigenvalue weighted by Gasteiger charge is -2.27. The SMILES string of the molecule is CC(C)(C)Cn1cc([C@H](N[S+]([O-])C(C)(C)C)C(F)F)c2cc(F)c(-c3cccnc3C(F)(F)F)cc21. The Morgan fingerprint density at radius 1 is 1.06 bits per heavy atom. The maximum absolute atomic E-state index is 15.3. The molecule has 2 heterocycles. The van der Waals surface area contributed by atoms with Crippen LogP contribution in [0.3, 0.4) is 0 Å². The molecule has 36 heavy (non-hydrogen) atoms. The van der Waals surface area contributed by atoms with Gasteiger partial charge in [-0.05, 0) is 44.4 Å². The first-order valence-corrected chi connectivity index (χ1v) is 12.4. The van der Waals surface area contributed by atoms with Gasteiger partial charge in [0, 0.05) is 57.9 Å². The molecule has 0 bridgehead atoms. The summed E-state index contributed by atoms with van der Waals surface area (Å²) >= 11 is -1.86. The lowest BCUT2D eigenvalue weighted by molar-refractivity contribution is -0.140. The highest BCUT2D eigenvalue weighted by Gasteiger charge is 2.38. The first-order valence-electron chi connectivity index (χ1n) is 11.2. The maximum Gasteiger partial charge on any atom is 0.433 e. The fourth-order valence-corrected chi connectivity index (χ4v) is 4.64. The molecule has 0 saturated carbocycles.